The molecule has 0 bridgehead atoms. The topological polar surface area (TPSA) is 110 Å². The first-order chi connectivity index (χ1) is 16.0. The molecule has 3 heterocycles. The van der Waals surface area contributed by atoms with Crippen LogP contribution in [-0.2, 0) is 11.2 Å². The van der Waals surface area contributed by atoms with Crippen molar-refractivity contribution in [3.63, 3.8) is 0 Å². The summed E-state index contributed by atoms with van der Waals surface area (Å²) < 4.78 is 16.0. The molecule has 0 atom stereocenters. The lowest BCUT2D eigenvalue weighted by molar-refractivity contribution is -0.116. The van der Waals surface area contributed by atoms with Crippen LogP contribution >= 0.6 is 0 Å². The van der Waals surface area contributed by atoms with Gasteiger partial charge >= 0.3 is 5.63 Å². The Bertz CT molecular complexity index is 1530. The fourth-order valence-electron chi connectivity index (χ4n) is 3.87. The molecule has 166 valence electrons. The minimum atomic E-state index is -0.439. The summed E-state index contributed by atoms with van der Waals surface area (Å²) in [5, 5.41) is 3.70. The first-order valence-electron chi connectivity index (χ1n) is 10.5. The molecule has 5 aromatic rings. The number of fused-ring (bicyclic) bond motifs is 2. The summed E-state index contributed by atoms with van der Waals surface area (Å²) in [6.07, 6.45) is 2.01. The highest BCUT2D eigenvalue weighted by molar-refractivity contribution is 5.93. The van der Waals surface area contributed by atoms with E-state index in [9.17, 15) is 9.59 Å². The van der Waals surface area contributed by atoms with Crippen LogP contribution in [-0.4, -0.2) is 23.0 Å². The van der Waals surface area contributed by atoms with Gasteiger partial charge in [-0.2, -0.15) is 0 Å². The summed E-state index contributed by atoms with van der Waals surface area (Å²) in [5.41, 5.74) is 3.51. The molecule has 33 heavy (non-hydrogen) atoms. The van der Waals surface area contributed by atoms with Crippen molar-refractivity contribution in [3.05, 3.63) is 76.3 Å². The van der Waals surface area contributed by atoms with E-state index in [1.807, 2.05) is 37.3 Å². The second kappa shape index (κ2) is 8.31. The van der Waals surface area contributed by atoms with Gasteiger partial charge in [0.2, 0.25) is 5.91 Å². The quantitative estimate of drug-likeness (QED) is 0.364. The molecule has 2 N–H and O–H groups in total. The molecule has 5 rings (SSSR count). The third kappa shape index (κ3) is 3.98. The highest BCUT2D eigenvalue weighted by atomic mass is 16.5. The molecule has 0 fully saturated rings. The molecule has 0 aliphatic rings. The number of aromatic amines is 1. The first-order valence-corrected chi connectivity index (χ1v) is 10.5. The Hall–Kier alpha value is -4.33. The van der Waals surface area contributed by atoms with Gasteiger partial charge in [0.25, 0.3) is 0 Å². The number of imidazole rings is 1. The van der Waals surface area contributed by atoms with Crippen LogP contribution in [0.4, 0.5) is 5.69 Å². The summed E-state index contributed by atoms with van der Waals surface area (Å²) in [7, 11) is 1.56. The van der Waals surface area contributed by atoms with Gasteiger partial charge in [0.05, 0.1) is 24.4 Å². The van der Waals surface area contributed by atoms with Crippen LogP contribution in [0, 0.1) is 6.92 Å². The van der Waals surface area contributed by atoms with Crippen LogP contribution in [0.15, 0.2) is 68.4 Å². The van der Waals surface area contributed by atoms with Gasteiger partial charge in [-0.1, -0.05) is 0 Å². The number of rotatable bonds is 6. The maximum absolute atomic E-state index is 12.6. The standard InChI is InChI=1S/C25H21N3O5/c1-14-17-7-6-16(31-2)13-22(17)33-25(30)18(14)8-10-23(29)26-15-5-9-19-20(12-15)28-24(27-19)21-4-3-11-32-21/h3-7,9,11-13H,8,10H2,1-2H3,(H,26,29)(H,27,28). The molecule has 8 heteroatoms. The molecular weight excluding hydrogens is 422 g/mol. The predicted octanol–water partition coefficient (Wildman–Crippen LogP) is 4.82. The molecule has 0 aliphatic carbocycles. The second-order valence-corrected chi connectivity index (χ2v) is 7.70. The van der Waals surface area contributed by atoms with Gasteiger partial charge in [0.15, 0.2) is 11.6 Å². The van der Waals surface area contributed by atoms with Gasteiger partial charge in [-0.15, -0.1) is 0 Å². The smallest absolute Gasteiger partial charge is 0.339 e. The number of aromatic nitrogens is 2. The van der Waals surface area contributed by atoms with Crippen molar-refractivity contribution in [2.45, 2.75) is 19.8 Å². The molecule has 0 radical (unpaired) electrons. The monoisotopic (exact) mass is 443 g/mol. The Balaban J connectivity index is 1.31. The van der Waals surface area contributed by atoms with E-state index in [2.05, 4.69) is 15.3 Å². The third-order valence-corrected chi connectivity index (χ3v) is 5.62. The van der Waals surface area contributed by atoms with E-state index >= 15 is 0 Å². The van der Waals surface area contributed by atoms with Crippen LogP contribution in [0.3, 0.4) is 0 Å². The molecule has 8 nitrogen and oxygen atoms in total. The van der Waals surface area contributed by atoms with E-state index in [-0.39, 0.29) is 18.7 Å². The van der Waals surface area contributed by atoms with Gasteiger partial charge in [0, 0.05) is 29.1 Å². The number of carbonyl (C=O) groups is 1. The Morgan fingerprint density at radius 2 is 2.06 bits per heavy atom. The van der Waals surface area contributed by atoms with Gasteiger partial charge in [0.1, 0.15) is 11.3 Å². The number of amides is 1. The summed E-state index contributed by atoms with van der Waals surface area (Å²) in [4.78, 5) is 32.8. The average molecular weight is 443 g/mol. The van der Waals surface area contributed by atoms with Gasteiger partial charge < -0.3 is 23.9 Å². The van der Waals surface area contributed by atoms with E-state index in [1.165, 1.54) is 0 Å². The maximum atomic E-state index is 12.6. The molecule has 0 saturated heterocycles. The van der Waals surface area contributed by atoms with Crippen LogP contribution in [0.5, 0.6) is 5.75 Å². The Morgan fingerprint density at radius 3 is 2.85 bits per heavy atom. The number of methoxy groups -OCH3 is 1. The van der Waals surface area contributed by atoms with E-state index in [1.54, 1.807) is 31.6 Å². The van der Waals surface area contributed by atoms with Crippen molar-refractivity contribution in [1.29, 1.82) is 0 Å². The number of aryl methyl sites for hydroxylation is 1. The molecule has 0 spiro atoms. The number of benzene rings is 2. The number of nitrogens with zero attached hydrogens (tertiary/aromatic N) is 1. The van der Waals surface area contributed by atoms with Crippen molar-refractivity contribution in [2.24, 2.45) is 0 Å². The lowest BCUT2D eigenvalue weighted by atomic mass is 10.0. The van der Waals surface area contributed by atoms with Gasteiger partial charge in [-0.3, -0.25) is 4.79 Å². The molecule has 2 aromatic carbocycles. The van der Waals surface area contributed by atoms with Crippen LogP contribution < -0.4 is 15.7 Å². The van der Waals surface area contributed by atoms with E-state index in [0.29, 0.717) is 34.2 Å². The van der Waals surface area contributed by atoms with Crippen molar-refractivity contribution in [1.82, 2.24) is 9.97 Å². The van der Waals surface area contributed by atoms with Crippen LogP contribution in [0.25, 0.3) is 33.6 Å². The second-order valence-electron chi connectivity index (χ2n) is 7.70. The number of carbonyl (C=O) groups excluding carboxylic acids is 1. The molecule has 0 aliphatic heterocycles. The normalized spacial score (nSPS) is 11.2. The van der Waals surface area contributed by atoms with E-state index < -0.39 is 5.63 Å². The van der Waals surface area contributed by atoms with Crippen molar-refractivity contribution >= 4 is 33.6 Å². The number of furan rings is 1. The lowest BCUT2D eigenvalue weighted by Gasteiger charge is -2.09. The van der Waals surface area contributed by atoms with Gasteiger partial charge in [-0.05, 0) is 61.4 Å². The lowest BCUT2D eigenvalue weighted by Crippen LogP contribution is -2.16. The Labute approximate surface area is 188 Å². The molecule has 3 aromatic heterocycles. The molecule has 0 saturated carbocycles. The zero-order valence-electron chi connectivity index (χ0n) is 18.1. The highest BCUT2D eigenvalue weighted by Crippen LogP contribution is 2.25. The first kappa shape index (κ1) is 20.6. The number of hydrogen-bond donors (Lipinski definition) is 2. The number of anilines is 1. The SMILES string of the molecule is COc1ccc2c(C)c(CCC(=O)Nc3ccc4nc(-c5ccco5)[nH]c4c3)c(=O)oc2c1. The fourth-order valence-corrected chi connectivity index (χ4v) is 3.87. The van der Waals surface area contributed by atoms with Crippen molar-refractivity contribution < 1.29 is 18.4 Å². The summed E-state index contributed by atoms with van der Waals surface area (Å²) in [6.45, 7) is 1.86. The molecule has 0 unspecified atom stereocenters. The summed E-state index contributed by atoms with van der Waals surface area (Å²) in [5.74, 6) is 1.67. The van der Waals surface area contributed by atoms with Crippen molar-refractivity contribution in [3.8, 4) is 17.3 Å². The minimum Gasteiger partial charge on any atom is -0.497 e. The summed E-state index contributed by atoms with van der Waals surface area (Å²) in [6, 6.07) is 14.4. The molecule has 1 amide bonds. The number of ether oxygens (including phenoxy) is 1. The maximum Gasteiger partial charge on any atom is 0.339 e. The van der Waals surface area contributed by atoms with E-state index in [0.717, 1.165) is 22.0 Å². The van der Waals surface area contributed by atoms with Crippen LogP contribution in [0.2, 0.25) is 0 Å². The zero-order chi connectivity index (χ0) is 22.9. The number of nitrogens with one attached hydrogen (secondary N) is 2. The van der Waals surface area contributed by atoms with Gasteiger partial charge in [-0.25, -0.2) is 9.78 Å². The minimum absolute atomic E-state index is 0.145. The van der Waals surface area contributed by atoms with Crippen LogP contribution in [0.1, 0.15) is 17.5 Å². The molecular formula is C25H21N3O5. The van der Waals surface area contributed by atoms with E-state index in [4.69, 9.17) is 13.6 Å². The fraction of sp³-hybridized carbons (Fsp3) is 0.160. The third-order valence-electron chi connectivity index (χ3n) is 5.62. The Kier molecular flexibility index (Phi) is 5.18. The largest absolute Gasteiger partial charge is 0.497 e. The number of hydrogen-bond acceptors (Lipinski definition) is 6. The average Bonchev–Trinajstić information content (AvgIpc) is 3.48. The number of H-pyrrole nitrogens is 1. The van der Waals surface area contributed by atoms with Crippen molar-refractivity contribution in [2.75, 3.05) is 12.4 Å². The summed E-state index contributed by atoms with van der Waals surface area (Å²) >= 11 is 0. The Morgan fingerprint density at radius 1 is 1.18 bits per heavy atom. The highest BCUT2D eigenvalue weighted by Gasteiger charge is 2.14. The zero-order valence-corrected chi connectivity index (χ0v) is 18.1. The predicted molar refractivity (Wildman–Crippen MR) is 125 cm³/mol.